The van der Waals surface area contributed by atoms with Crippen molar-refractivity contribution in [1.29, 1.82) is 0 Å². The summed E-state index contributed by atoms with van der Waals surface area (Å²) in [5.74, 6) is -0.0119. The number of alkyl carbamates (subject to hydrolysis) is 1. The Labute approximate surface area is 161 Å². The molecule has 6 heteroatoms. The van der Waals surface area contributed by atoms with Crippen molar-refractivity contribution in [3.05, 3.63) is 46.4 Å². The second kappa shape index (κ2) is 7.27. The first-order valence-corrected chi connectivity index (χ1v) is 9.50. The molecule has 0 saturated carbocycles. The monoisotopic (exact) mass is 418 g/mol. The lowest BCUT2D eigenvalue weighted by atomic mass is 10.0. The molecule has 3 rings (SSSR count). The molecule has 1 aliphatic rings. The summed E-state index contributed by atoms with van der Waals surface area (Å²) in [6, 6.07) is 11.5. The van der Waals surface area contributed by atoms with E-state index >= 15 is 0 Å². The zero-order valence-electron chi connectivity index (χ0n) is 15.2. The molecule has 1 saturated heterocycles. The predicted octanol–water partition coefficient (Wildman–Crippen LogP) is 4.34. The summed E-state index contributed by atoms with van der Waals surface area (Å²) in [5, 5.41) is 4.80. The number of likely N-dealkylation sites (tertiary alicyclic amines) is 1. The van der Waals surface area contributed by atoms with Crippen LogP contribution in [-0.4, -0.2) is 41.6 Å². The zero-order chi connectivity index (χ0) is 18.9. The van der Waals surface area contributed by atoms with Gasteiger partial charge in [-0.05, 0) is 50.1 Å². The summed E-state index contributed by atoms with van der Waals surface area (Å²) in [5.41, 5.74) is 0.149. The number of carbonyl (C=O) groups is 2. The third-order valence-corrected chi connectivity index (χ3v) is 4.99. The van der Waals surface area contributed by atoms with Gasteiger partial charge in [-0.2, -0.15) is 0 Å². The standard InChI is InChI=1S/C20H23BrN2O3/c1-20(2,3)26-19(25)22-13-10-11-23(12-13)18(24)16-8-4-7-15-14(16)6-5-9-17(15)21/h4-9,13H,10-12H2,1-3H3,(H,22,25). The van der Waals surface area contributed by atoms with Crippen LogP contribution in [0.5, 0.6) is 0 Å². The highest BCUT2D eigenvalue weighted by molar-refractivity contribution is 9.10. The molecule has 2 aromatic rings. The van der Waals surface area contributed by atoms with E-state index in [1.807, 2.05) is 57.2 Å². The Morgan fingerprint density at radius 1 is 1.15 bits per heavy atom. The molecule has 0 aliphatic carbocycles. The highest BCUT2D eigenvalue weighted by Crippen LogP contribution is 2.27. The number of nitrogens with zero attached hydrogens (tertiary/aromatic N) is 1. The lowest BCUT2D eigenvalue weighted by Gasteiger charge is -2.22. The number of nitrogens with one attached hydrogen (secondary N) is 1. The highest BCUT2D eigenvalue weighted by Gasteiger charge is 2.30. The Morgan fingerprint density at radius 2 is 1.85 bits per heavy atom. The minimum Gasteiger partial charge on any atom is -0.444 e. The number of ether oxygens (including phenoxy) is 1. The van der Waals surface area contributed by atoms with Gasteiger partial charge in [-0.3, -0.25) is 4.79 Å². The second-order valence-electron chi connectivity index (χ2n) is 7.52. The summed E-state index contributed by atoms with van der Waals surface area (Å²) >= 11 is 3.54. The van der Waals surface area contributed by atoms with Crippen LogP contribution >= 0.6 is 15.9 Å². The van der Waals surface area contributed by atoms with Gasteiger partial charge >= 0.3 is 6.09 Å². The minimum absolute atomic E-state index is 0.0119. The predicted molar refractivity (Wildman–Crippen MR) is 105 cm³/mol. The van der Waals surface area contributed by atoms with Gasteiger partial charge in [0, 0.05) is 23.1 Å². The number of hydrogen-bond acceptors (Lipinski definition) is 3. The van der Waals surface area contributed by atoms with Gasteiger partial charge in [-0.15, -0.1) is 0 Å². The van der Waals surface area contributed by atoms with Crippen LogP contribution in [0.15, 0.2) is 40.9 Å². The Bertz CT molecular complexity index is 845. The molecule has 1 heterocycles. The summed E-state index contributed by atoms with van der Waals surface area (Å²) in [6.45, 7) is 6.59. The van der Waals surface area contributed by atoms with Crippen molar-refractivity contribution in [2.24, 2.45) is 0 Å². The Morgan fingerprint density at radius 3 is 2.58 bits per heavy atom. The smallest absolute Gasteiger partial charge is 0.407 e. The average molecular weight is 419 g/mol. The van der Waals surface area contributed by atoms with Crippen molar-refractivity contribution >= 4 is 38.7 Å². The fourth-order valence-electron chi connectivity index (χ4n) is 3.17. The molecule has 1 N–H and O–H groups in total. The van der Waals surface area contributed by atoms with E-state index in [2.05, 4.69) is 21.2 Å². The number of halogens is 1. The number of rotatable bonds is 2. The van der Waals surface area contributed by atoms with E-state index in [9.17, 15) is 9.59 Å². The van der Waals surface area contributed by atoms with E-state index in [0.717, 1.165) is 21.7 Å². The van der Waals surface area contributed by atoms with Crippen molar-refractivity contribution < 1.29 is 14.3 Å². The first-order valence-electron chi connectivity index (χ1n) is 8.70. The lowest BCUT2D eigenvalue weighted by molar-refractivity contribution is 0.0502. The molecular weight excluding hydrogens is 396 g/mol. The van der Waals surface area contributed by atoms with Gasteiger partial charge in [-0.1, -0.05) is 40.2 Å². The van der Waals surface area contributed by atoms with Gasteiger partial charge in [0.25, 0.3) is 5.91 Å². The van der Waals surface area contributed by atoms with Gasteiger partial charge < -0.3 is 15.0 Å². The van der Waals surface area contributed by atoms with Crippen LogP contribution in [-0.2, 0) is 4.74 Å². The van der Waals surface area contributed by atoms with E-state index in [1.165, 1.54) is 0 Å². The number of fused-ring (bicyclic) bond motifs is 1. The molecule has 2 amide bonds. The number of carbonyl (C=O) groups excluding carboxylic acids is 2. The number of benzene rings is 2. The molecule has 0 spiro atoms. The highest BCUT2D eigenvalue weighted by atomic mass is 79.9. The van der Waals surface area contributed by atoms with E-state index < -0.39 is 11.7 Å². The minimum atomic E-state index is -0.533. The van der Waals surface area contributed by atoms with Crippen LogP contribution in [0.25, 0.3) is 10.8 Å². The van der Waals surface area contributed by atoms with Gasteiger partial charge in [0.15, 0.2) is 0 Å². The maximum atomic E-state index is 13.0. The third-order valence-electron chi connectivity index (χ3n) is 4.30. The largest absolute Gasteiger partial charge is 0.444 e. The maximum Gasteiger partial charge on any atom is 0.407 e. The van der Waals surface area contributed by atoms with Crippen LogP contribution in [0, 0.1) is 0 Å². The molecule has 2 aromatic carbocycles. The fraction of sp³-hybridized carbons (Fsp3) is 0.400. The summed E-state index contributed by atoms with van der Waals surface area (Å²) in [7, 11) is 0. The molecule has 138 valence electrons. The number of hydrogen-bond donors (Lipinski definition) is 1. The third kappa shape index (κ3) is 4.18. The van der Waals surface area contributed by atoms with Crippen molar-refractivity contribution in [3.63, 3.8) is 0 Å². The number of amides is 2. The first-order chi connectivity index (χ1) is 12.2. The SMILES string of the molecule is CC(C)(C)OC(=O)NC1CCN(C(=O)c2cccc3c(Br)cccc23)C1. The molecule has 0 aromatic heterocycles. The molecular formula is C20H23BrN2O3. The van der Waals surface area contributed by atoms with Crippen LogP contribution < -0.4 is 5.32 Å². The van der Waals surface area contributed by atoms with Gasteiger partial charge in [0.1, 0.15) is 5.60 Å². The van der Waals surface area contributed by atoms with Crippen LogP contribution in [0.4, 0.5) is 4.79 Å². The molecule has 0 bridgehead atoms. The van der Waals surface area contributed by atoms with E-state index in [-0.39, 0.29) is 11.9 Å². The zero-order valence-corrected chi connectivity index (χ0v) is 16.8. The van der Waals surface area contributed by atoms with Crippen molar-refractivity contribution in [2.75, 3.05) is 13.1 Å². The van der Waals surface area contributed by atoms with Gasteiger partial charge in [0.2, 0.25) is 0 Å². The molecule has 1 unspecified atom stereocenters. The molecule has 1 atom stereocenters. The Balaban J connectivity index is 1.71. The van der Waals surface area contributed by atoms with Crippen LogP contribution in [0.2, 0.25) is 0 Å². The Kier molecular flexibility index (Phi) is 5.23. The molecule has 1 aliphatic heterocycles. The van der Waals surface area contributed by atoms with E-state index in [4.69, 9.17) is 4.74 Å². The van der Waals surface area contributed by atoms with Crippen molar-refractivity contribution in [3.8, 4) is 0 Å². The van der Waals surface area contributed by atoms with E-state index in [1.54, 1.807) is 4.90 Å². The molecule has 1 fully saturated rings. The summed E-state index contributed by atoms with van der Waals surface area (Å²) in [6.07, 6.45) is 0.283. The summed E-state index contributed by atoms with van der Waals surface area (Å²) < 4.78 is 6.26. The van der Waals surface area contributed by atoms with Crippen LogP contribution in [0.1, 0.15) is 37.6 Å². The van der Waals surface area contributed by atoms with Gasteiger partial charge in [-0.25, -0.2) is 4.79 Å². The molecule has 5 nitrogen and oxygen atoms in total. The lowest BCUT2D eigenvalue weighted by Crippen LogP contribution is -2.41. The molecule has 26 heavy (non-hydrogen) atoms. The van der Waals surface area contributed by atoms with Gasteiger partial charge in [0.05, 0.1) is 6.04 Å². The van der Waals surface area contributed by atoms with Crippen LogP contribution in [0.3, 0.4) is 0 Å². The maximum absolute atomic E-state index is 13.0. The quantitative estimate of drug-likeness (QED) is 0.788. The molecule has 0 radical (unpaired) electrons. The fourth-order valence-corrected chi connectivity index (χ4v) is 3.66. The first kappa shape index (κ1) is 18.7. The normalized spacial score (nSPS) is 17.4. The van der Waals surface area contributed by atoms with Crippen molar-refractivity contribution in [1.82, 2.24) is 10.2 Å². The van der Waals surface area contributed by atoms with E-state index in [0.29, 0.717) is 18.7 Å². The average Bonchev–Trinajstić information content (AvgIpc) is 3.00. The second-order valence-corrected chi connectivity index (χ2v) is 8.38. The topological polar surface area (TPSA) is 58.6 Å². The Hall–Kier alpha value is -2.08. The van der Waals surface area contributed by atoms with Crippen molar-refractivity contribution in [2.45, 2.75) is 38.8 Å². The summed E-state index contributed by atoms with van der Waals surface area (Å²) in [4.78, 5) is 26.7.